The van der Waals surface area contributed by atoms with E-state index in [1.54, 1.807) is 0 Å². The molecule has 14 heavy (non-hydrogen) atoms. The smallest absolute Gasteiger partial charge is 0.309 e. The molecule has 0 aliphatic carbocycles. The molecule has 4 nitrogen and oxygen atoms in total. The minimum Gasteiger partial charge on any atom is -0.481 e. The van der Waals surface area contributed by atoms with Gasteiger partial charge in [0.25, 0.3) is 0 Å². The number of carboxylic acids is 1. The highest BCUT2D eigenvalue weighted by Crippen LogP contribution is 2.16. The van der Waals surface area contributed by atoms with Gasteiger partial charge in [0.15, 0.2) is 0 Å². The molecule has 0 bridgehead atoms. The van der Waals surface area contributed by atoms with Crippen molar-refractivity contribution in [1.29, 1.82) is 0 Å². The van der Waals surface area contributed by atoms with E-state index >= 15 is 0 Å². The molecule has 0 unspecified atom stereocenters. The van der Waals surface area contributed by atoms with E-state index < -0.39 is 5.97 Å². The molecule has 0 saturated heterocycles. The van der Waals surface area contributed by atoms with Crippen LogP contribution in [-0.2, 0) is 28.8 Å². The van der Waals surface area contributed by atoms with Crippen LogP contribution in [0.5, 0.6) is 0 Å². The lowest BCUT2D eigenvalue weighted by Gasteiger charge is -1.96. The molecule has 0 radical (unpaired) electrons. The van der Waals surface area contributed by atoms with Gasteiger partial charge < -0.3 is 14.8 Å². The molecule has 0 fully saturated rings. The Labute approximate surface area is 81.9 Å². The highest BCUT2D eigenvalue weighted by molar-refractivity contribution is 5.69. The van der Waals surface area contributed by atoms with Crippen molar-refractivity contribution in [3.63, 3.8) is 0 Å². The van der Waals surface area contributed by atoms with E-state index in [4.69, 9.17) is 9.84 Å². The van der Waals surface area contributed by atoms with E-state index in [-0.39, 0.29) is 6.42 Å². The van der Waals surface area contributed by atoms with Gasteiger partial charge in [0, 0.05) is 17.8 Å². The Bertz CT molecular complexity index is 320. The van der Waals surface area contributed by atoms with Gasteiger partial charge in [-0.1, -0.05) is 0 Å². The Morgan fingerprint density at radius 1 is 1.50 bits per heavy atom. The molecule has 2 rings (SSSR count). The van der Waals surface area contributed by atoms with E-state index in [0.717, 1.165) is 37.4 Å². The first-order valence-corrected chi connectivity index (χ1v) is 4.75. The second-order valence-electron chi connectivity index (χ2n) is 3.48. The van der Waals surface area contributed by atoms with Gasteiger partial charge in [0.1, 0.15) is 0 Å². The summed E-state index contributed by atoms with van der Waals surface area (Å²) in [6.45, 7) is 1.46. The number of hydrogen-bond acceptors (Lipinski definition) is 2. The first-order valence-electron chi connectivity index (χ1n) is 4.75. The largest absolute Gasteiger partial charge is 0.481 e. The second-order valence-corrected chi connectivity index (χ2v) is 3.48. The molecule has 0 saturated carbocycles. The number of aliphatic carboxylic acids is 1. The molecule has 0 atom stereocenters. The summed E-state index contributed by atoms with van der Waals surface area (Å²) in [6, 6.07) is 1.94. The van der Waals surface area contributed by atoms with Crippen molar-refractivity contribution in [2.24, 2.45) is 0 Å². The van der Waals surface area contributed by atoms with Crippen LogP contribution in [0, 0.1) is 0 Å². The van der Waals surface area contributed by atoms with Crippen molar-refractivity contribution in [1.82, 2.24) is 4.98 Å². The normalized spacial score (nSPS) is 16.0. The summed E-state index contributed by atoms with van der Waals surface area (Å²) in [5.41, 5.74) is 3.14. The molecule has 1 aliphatic rings. The number of H-pyrrole nitrogens is 1. The van der Waals surface area contributed by atoms with Crippen molar-refractivity contribution >= 4 is 5.97 Å². The fourth-order valence-corrected chi connectivity index (χ4v) is 1.77. The predicted octanol–water partition coefficient (Wildman–Crippen LogP) is 0.757. The quantitative estimate of drug-likeness (QED) is 0.732. The topological polar surface area (TPSA) is 62.3 Å². The maximum Gasteiger partial charge on any atom is 0.309 e. The van der Waals surface area contributed by atoms with Gasteiger partial charge in [-0.3, -0.25) is 4.79 Å². The summed E-state index contributed by atoms with van der Waals surface area (Å²) >= 11 is 0. The van der Waals surface area contributed by atoms with Crippen LogP contribution >= 0.6 is 0 Å². The Morgan fingerprint density at radius 3 is 3.07 bits per heavy atom. The minimum atomic E-state index is -0.794. The van der Waals surface area contributed by atoms with Gasteiger partial charge in [-0.2, -0.15) is 0 Å². The average molecular weight is 195 g/mol. The molecule has 4 heteroatoms. The first-order chi connectivity index (χ1) is 6.75. The van der Waals surface area contributed by atoms with E-state index in [2.05, 4.69) is 4.98 Å². The first kappa shape index (κ1) is 9.27. The van der Waals surface area contributed by atoms with Crippen LogP contribution in [0.3, 0.4) is 0 Å². The Hall–Kier alpha value is -1.29. The number of aromatic nitrogens is 1. The molecule has 0 spiro atoms. The fraction of sp³-hybridized carbons (Fsp3) is 0.500. The maximum absolute atomic E-state index is 10.5. The van der Waals surface area contributed by atoms with Crippen molar-refractivity contribution in [2.75, 3.05) is 13.2 Å². The third-order valence-electron chi connectivity index (χ3n) is 2.40. The number of hydrogen-bond donors (Lipinski definition) is 2. The molecule has 2 N–H and O–H groups in total. The van der Waals surface area contributed by atoms with Crippen LogP contribution in [-0.4, -0.2) is 29.3 Å². The van der Waals surface area contributed by atoms with Gasteiger partial charge in [0.2, 0.25) is 0 Å². The maximum atomic E-state index is 10.5. The van der Waals surface area contributed by atoms with Crippen LogP contribution in [0.25, 0.3) is 0 Å². The second kappa shape index (κ2) is 3.84. The SMILES string of the molecule is O=C(O)Cc1cc2c([nH]1)CCOCC2. The van der Waals surface area contributed by atoms with Crippen LogP contribution < -0.4 is 0 Å². The van der Waals surface area contributed by atoms with Gasteiger partial charge in [-0.25, -0.2) is 0 Å². The number of carbonyl (C=O) groups is 1. The van der Waals surface area contributed by atoms with Crippen LogP contribution in [0.15, 0.2) is 6.07 Å². The molecular formula is C10H13NO3. The third kappa shape index (κ3) is 1.96. The zero-order valence-electron chi connectivity index (χ0n) is 7.88. The third-order valence-corrected chi connectivity index (χ3v) is 2.40. The lowest BCUT2D eigenvalue weighted by molar-refractivity contribution is -0.136. The highest BCUT2D eigenvalue weighted by atomic mass is 16.5. The minimum absolute atomic E-state index is 0.0772. The predicted molar refractivity (Wildman–Crippen MR) is 50.4 cm³/mol. The number of aromatic amines is 1. The van der Waals surface area contributed by atoms with E-state index in [1.165, 1.54) is 5.56 Å². The summed E-state index contributed by atoms with van der Waals surface area (Å²) in [5, 5.41) is 8.64. The lowest BCUT2D eigenvalue weighted by Crippen LogP contribution is -2.01. The molecular weight excluding hydrogens is 182 g/mol. The molecule has 76 valence electrons. The summed E-state index contributed by atoms with van der Waals surface area (Å²) in [4.78, 5) is 13.6. The Kier molecular flexibility index (Phi) is 2.54. The molecule has 0 amide bonds. The van der Waals surface area contributed by atoms with E-state index in [1.807, 2.05) is 6.07 Å². The van der Waals surface area contributed by atoms with Gasteiger partial charge in [-0.05, 0) is 18.1 Å². The van der Waals surface area contributed by atoms with Gasteiger partial charge in [-0.15, -0.1) is 0 Å². The number of rotatable bonds is 2. The van der Waals surface area contributed by atoms with Crippen LogP contribution in [0.2, 0.25) is 0 Å². The van der Waals surface area contributed by atoms with Crippen molar-refractivity contribution in [2.45, 2.75) is 19.3 Å². The van der Waals surface area contributed by atoms with Crippen LogP contribution in [0.4, 0.5) is 0 Å². The fourth-order valence-electron chi connectivity index (χ4n) is 1.77. The number of carboxylic acid groups (broad SMARTS) is 1. The zero-order chi connectivity index (χ0) is 9.97. The lowest BCUT2D eigenvalue weighted by atomic mass is 10.1. The zero-order valence-corrected chi connectivity index (χ0v) is 7.88. The van der Waals surface area contributed by atoms with Gasteiger partial charge >= 0.3 is 5.97 Å². The number of ether oxygens (including phenoxy) is 1. The molecule has 2 heterocycles. The molecule has 1 aromatic heterocycles. The number of nitrogens with one attached hydrogen (secondary N) is 1. The standard InChI is InChI=1S/C10H13NO3/c12-10(13)6-8-5-7-1-3-14-4-2-9(7)11-8/h5,11H,1-4,6H2,(H,12,13). The van der Waals surface area contributed by atoms with Crippen molar-refractivity contribution in [3.05, 3.63) is 23.0 Å². The molecule has 1 aliphatic heterocycles. The molecule has 0 aromatic carbocycles. The number of fused-ring (bicyclic) bond motifs is 1. The van der Waals surface area contributed by atoms with Crippen molar-refractivity contribution in [3.8, 4) is 0 Å². The van der Waals surface area contributed by atoms with Crippen molar-refractivity contribution < 1.29 is 14.6 Å². The van der Waals surface area contributed by atoms with Gasteiger partial charge in [0.05, 0.1) is 19.6 Å². The monoisotopic (exact) mass is 195 g/mol. The van der Waals surface area contributed by atoms with E-state index in [9.17, 15) is 4.79 Å². The summed E-state index contributed by atoms with van der Waals surface area (Å²) in [6.07, 6.45) is 1.81. The Morgan fingerprint density at radius 2 is 2.29 bits per heavy atom. The summed E-state index contributed by atoms with van der Waals surface area (Å²) < 4.78 is 5.32. The van der Waals surface area contributed by atoms with Crippen LogP contribution in [0.1, 0.15) is 17.0 Å². The van der Waals surface area contributed by atoms with E-state index in [0.29, 0.717) is 0 Å². The summed E-state index contributed by atoms with van der Waals surface area (Å²) in [7, 11) is 0. The average Bonchev–Trinajstić information content (AvgIpc) is 2.34. The molecule has 1 aromatic rings. The highest BCUT2D eigenvalue weighted by Gasteiger charge is 2.12. The Balaban J connectivity index is 2.18. The summed E-state index contributed by atoms with van der Waals surface area (Å²) in [5.74, 6) is -0.794.